The van der Waals surface area contributed by atoms with Crippen molar-refractivity contribution in [3.8, 4) is 0 Å². The Morgan fingerprint density at radius 1 is 1.19 bits per heavy atom. The van der Waals surface area contributed by atoms with Crippen LogP contribution in [0.3, 0.4) is 0 Å². The molecular weight excluding hydrogens is 346 g/mol. The van der Waals surface area contributed by atoms with Crippen molar-refractivity contribution in [1.29, 1.82) is 0 Å². The topological polar surface area (TPSA) is 62.3 Å². The number of rotatable bonds is 6. The van der Waals surface area contributed by atoms with Crippen LogP contribution in [0.2, 0.25) is 0 Å². The van der Waals surface area contributed by atoms with Gasteiger partial charge in [0.05, 0.1) is 5.37 Å². The lowest BCUT2D eigenvalue weighted by Crippen LogP contribution is -2.50. The molecule has 2 amide bonds. The van der Waals surface area contributed by atoms with E-state index in [1.807, 2.05) is 43.3 Å². The highest BCUT2D eigenvalue weighted by Gasteiger charge is 2.40. The molecule has 1 aliphatic heterocycles. The Balaban J connectivity index is 1.65. The molecule has 1 N–H and O–H groups in total. The van der Waals surface area contributed by atoms with Crippen molar-refractivity contribution >= 4 is 23.6 Å². The molecule has 1 fully saturated rings. The first-order valence-corrected chi connectivity index (χ1v) is 9.92. The van der Waals surface area contributed by atoms with Gasteiger partial charge in [-0.25, -0.2) is 0 Å². The second-order valence-electron chi connectivity index (χ2n) is 6.15. The summed E-state index contributed by atoms with van der Waals surface area (Å²) in [6.07, 6.45) is 3.24. The molecule has 0 aliphatic carbocycles. The van der Waals surface area contributed by atoms with Crippen LogP contribution in [0.25, 0.3) is 0 Å². The van der Waals surface area contributed by atoms with E-state index in [1.54, 1.807) is 35.0 Å². The van der Waals surface area contributed by atoms with Crippen LogP contribution in [0.15, 0.2) is 54.7 Å². The summed E-state index contributed by atoms with van der Waals surface area (Å²) in [5, 5.41) is 3.00. The highest BCUT2D eigenvalue weighted by molar-refractivity contribution is 8.00. The molecule has 6 heteroatoms. The fraction of sp³-hybridized carbons (Fsp3) is 0.350. The first kappa shape index (κ1) is 18.5. The van der Waals surface area contributed by atoms with E-state index in [1.165, 1.54) is 0 Å². The fourth-order valence-electron chi connectivity index (χ4n) is 3.06. The van der Waals surface area contributed by atoms with Crippen molar-refractivity contribution in [3.05, 3.63) is 66.0 Å². The van der Waals surface area contributed by atoms with Gasteiger partial charge in [-0.3, -0.25) is 14.6 Å². The molecule has 2 atom stereocenters. The van der Waals surface area contributed by atoms with E-state index in [9.17, 15) is 9.59 Å². The van der Waals surface area contributed by atoms with Crippen LogP contribution in [-0.4, -0.2) is 45.4 Å². The number of amides is 2. The molecule has 1 aromatic carbocycles. The molecule has 26 heavy (non-hydrogen) atoms. The predicted octanol–water partition coefficient (Wildman–Crippen LogP) is 2.73. The van der Waals surface area contributed by atoms with E-state index >= 15 is 0 Å². The van der Waals surface area contributed by atoms with Crippen molar-refractivity contribution in [2.24, 2.45) is 0 Å². The molecule has 3 rings (SSSR count). The van der Waals surface area contributed by atoms with Gasteiger partial charge in [0, 0.05) is 36.2 Å². The lowest BCUT2D eigenvalue weighted by Gasteiger charge is -2.28. The Morgan fingerprint density at radius 3 is 2.65 bits per heavy atom. The van der Waals surface area contributed by atoms with Gasteiger partial charge in [-0.2, -0.15) is 0 Å². The normalized spacial score (nSPS) is 19.3. The monoisotopic (exact) mass is 369 g/mol. The number of benzene rings is 1. The van der Waals surface area contributed by atoms with Gasteiger partial charge in [-0.05, 0) is 30.7 Å². The highest BCUT2D eigenvalue weighted by atomic mass is 32.2. The van der Waals surface area contributed by atoms with Crippen LogP contribution < -0.4 is 5.32 Å². The largest absolute Gasteiger partial charge is 0.354 e. The minimum Gasteiger partial charge on any atom is -0.354 e. The van der Waals surface area contributed by atoms with Gasteiger partial charge >= 0.3 is 0 Å². The van der Waals surface area contributed by atoms with Crippen molar-refractivity contribution < 1.29 is 9.59 Å². The van der Waals surface area contributed by atoms with Gasteiger partial charge in [0.25, 0.3) is 5.91 Å². The first-order valence-electron chi connectivity index (χ1n) is 8.87. The molecule has 136 valence electrons. The molecular formula is C20H23N3O2S. The van der Waals surface area contributed by atoms with Gasteiger partial charge in [-0.1, -0.05) is 31.2 Å². The van der Waals surface area contributed by atoms with Crippen LogP contribution in [0.4, 0.5) is 0 Å². The van der Waals surface area contributed by atoms with Crippen LogP contribution in [0, 0.1) is 0 Å². The van der Waals surface area contributed by atoms with E-state index in [4.69, 9.17) is 0 Å². The third-order valence-corrected chi connectivity index (χ3v) is 5.86. The quantitative estimate of drug-likeness (QED) is 0.850. The highest BCUT2D eigenvalue weighted by Crippen LogP contribution is 2.32. The molecule has 0 spiro atoms. The van der Waals surface area contributed by atoms with E-state index in [-0.39, 0.29) is 17.2 Å². The van der Waals surface area contributed by atoms with Crippen LogP contribution in [-0.2, 0) is 11.2 Å². The number of carbonyl (C=O) groups is 2. The second-order valence-corrected chi connectivity index (χ2v) is 7.36. The molecule has 0 bridgehead atoms. The standard InChI is InChI=1S/C20H23N3O2S/c1-2-18-23(20(25)15-8-4-3-5-9-15)17(14-26-18)19(24)22-13-11-16-10-6-7-12-21-16/h3-10,12,17-18H,2,11,13-14H2,1H3,(H,22,24). The molecule has 0 saturated carbocycles. The van der Waals surface area contributed by atoms with Crippen molar-refractivity contribution in [2.75, 3.05) is 12.3 Å². The van der Waals surface area contributed by atoms with Gasteiger partial charge in [0.15, 0.2) is 0 Å². The van der Waals surface area contributed by atoms with Gasteiger partial charge in [0.2, 0.25) is 5.91 Å². The van der Waals surface area contributed by atoms with Crippen molar-refractivity contribution in [3.63, 3.8) is 0 Å². The first-order chi connectivity index (χ1) is 12.7. The maximum Gasteiger partial charge on any atom is 0.255 e. The number of hydrogen-bond acceptors (Lipinski definition) is 4. The molecule has 5 nitrogen and oxygen atoms in total. The zero-order valence-electron chi connectivity index (χ0n) is 14.8. The van der Waals surface area contributed by atoms with Gasteiger partial charge in [-0.15, -0.1) is 11.8 Å². The number of carbonyl (C=O) groups excluding carboxylic acids is 2. The van der Waals surface area contributed by atoms with Gasteiger partial charge in [0.1, 0.15) is 6.04 Å². The minimum atomic E-state index is -0.429. The van der Waals surface area contributed by atoms with E-state index in [0.717, 1.165) is 12.1 Å². The Morgan fingerprint density at radius 2 is 1.96 bits per heavy atom. The predicted molar refractivity (Wildman–Crippen MR) is 104 cm³/mol. The summed E-state index contributed by atoms with van der Waals surface area (Å²) in [6, 6.07) is 14.5. The minimum absolute atomic E-state index is 0.0363. The number of aromatic nitrogens is 1. The third kappa shape index (κ3) is 4.25. The Kier molecular flexibility index (Phi) is 6.28. The number of pyridine rings is 1. The van der Waals surface area contributed by atoms with E-state index in [2.05, 4.69) is 10.3 Å². The SMILES string of the molecule is CCC1SCC(C(=O)NCCc2ccccn2)N1C(=O)c1ccccc1. The smallest absolute Gasteiger partial charge is 0.255 e. The molecule has 1 saturated heterocycles. The molecule has 2 heterocycles. The maximum absolute atomic E-state index is 12.9. The Hall–Kier alpha value is -2.34. The van der Waals surface area contributed by atoms with Crippen molar-refractivity contribution in [2.45, 2.75) is 31.2 Å². The lowest BCUT2D eigenvalue weighted by molar-refractivity contribution is -0.124. The maximum atomic E-state index is 12.9. The number of thioether (sulfide) groups is 1. The van der Waals surface area contributed by atoms with Gasteiger partial charge < -0.3 is 10.2 Å². The zero-order valence-corrected chi connectivity index (χ0v) is 15.6. The molecule has 2 aromatic rings. The third-order valence-electron chi connectivity index (χ3n) is 4.41. The summed E-state index contributed by atoms with van der Waals surface area (Å²) < 4.78 is 0. The fourth-order valence-corrected chi connectivity index (χ4v) is 4.42. The van der Waals surface area contributed by atoms with Crippen LogP contribution in [0.5, 0.6) is 0 Å². The van der Waals surface area contributed by atoms with E-state index in [0.29, 0.717) is 24.3 Å². The zero-order chi connectivity index (χ0) is 18.4. The number of nitrogens with one attached hydrogen (secondary N) is 1. The summed E-state index contributed by atoms with van der Waals surface area (Å²) in [5.41, 5.74) is 1.57. The summed E-state index contributed by atoms with van der Waals surface area (Å²) in [6.45, 7) is 2.56. The number of nitrogens with zero attached hydrogens (tertiary/aromatic N) is 2. The average molecular weight is 369 g/mol. The molecule has 1 aliphatic rings. The molecule has 0 radical (unpaired) electrons. The van der Waals surface area contributed by atoms with Crippen LogP contribution >= 0.6 is 11.8 Å². The van der Waals surface area contributed by atoms with E-state index < -0.39 is 6.04 Å². The summed E-state index contributed by atoms with van der Waals surface area (Å²) in [7, 11) is 0. The van der Waals surface area contributed by atoms with Crippen LogP contribution in [0.1, 0.15) is 29.4 Å². The summed E-state index contributed by atoms with van der Waals surface area (Å²) in [4.78, 5) is 31.7. The molecule has 1 aromatic heterocycles. The second kappa shape index (κ2) is 8.85. The Labute approximate surface area is 158 Å². The molecule has 2 unspecified atom stereocenters. The lowest BCUT2D eigenvalue weighted by atomic mass is 10.1. The summed E-state index contributed by atoms with van der Waals surface area (Å²) in [5.74, 6) is 0.466. The summed E-state index contributed by atoms with van der Waals surface area (Å²) >= 11 is 1.67. The van der Waals surface area contributed by atoms with Crippen molar-refractivity contribution in [1.82, 2.24) is 15.2 Å². The Bertz CT molecular complexity index is 739. The number of hydrogen-bond donors (Lipinski definition) is 1. The average Bonchev–Trinajstić information content (AvgIpc) is 3.13.